The van der Waals surface area contributed by atoms with Crippen LogP contribution in [0.1, 0.15) is 56.1 Å². The first-order valence-corrected chi connectivity index (χ1v) is 16.9. The first kappa shape index (κ1) is 33.0. The number of benzene rings is 3. The van der Waals surface area contributed by atoms with E-state index >= 15 is 0 Å². The van der Waals surface area contributed by atoms with Crippen molar-refractivity contribution in [2.75, 3.05) is 13.6 Å². The fourth-order valence-electron chi connectivity index (χ4n) is 5.44. The van der Waals surface area contributed by atoms with Gasteiger partial charge in [-0.25, -0.2) is 12.7 Å². The molecular formula is C33H39Cl2N3O4S. The van der Waals surface area contributed by atoms with Crippen molar-refractivity contribution in [3.05, 3.63) is 100 Å². The second kappa shape index (κ2) is 15.7. The molecule has 1 unspecified atom stereocenters. The summed E-state index contributed by atoms with van der Waals surface area (Å²) in [7, 11) is -2.19. The van der Waals surface area contributed by atoms with E-state index in [-0.39, 0.29) is 48.7 Å². The molecule has 0 radical (unpaired) electrons. The third-order valence-electron chi connectivity index (χ3n) is 7.93. The van der Waals surface area contributed by atoms with Gasteiger partial charge >= 0.3 is 0 Å². The Bertz CT molecular complexity index is 1450. The fourth-order valence-corrected chi connectivity index (χ4v) is 7.19. The first-order chi connectivity index (χ1) is 20.7. The largest absolute Gasteiger partial charge is 0.352 e. The number of carbonyl (C=O) groups excluding carboxylic acids is 2. The molecule has 4 rings (SSSR count). The van der Waals surface area contributed by atoms with Crippen LogP contribution in [-0.4, -0.2) is 55.1 Å². The summed E-state index contributed by atoms with van der Waals surface area (Å²) in [5.41, 5.74) is 1.48. The molecular weight excluding hydrogens is 605 g/mol. The van der Waals surface area contributed by atoms with Crippen LogP contribution in [0.5, 0.6) is 0 Å². The number of halogens is 2. The summed E-state index contributed by atoms with van der Waals surface area (Å²) in [5, 5.41) is 4.03. The zero-order valence-corrected chi connectivity index (χ0v) is 26.8. The van der Waals surface area contributed by atoms with Crippen molar-refractivity contribution < 1.29 is 18.0 Å². The third kappa shape index (κ3) is 9.05. The van der Waals surface area contributed by atoms with E-state index in [1.54, 1.807) is 53.4 Å². The molecule has 0 heterocycles. The van der Waals surface area contributed by atoms with Crippen molar-refractivity contribution in [1.29, 1.82) is 0 Å². The molecule has 1 atom stereocenters. The van der Waals surface area contributed by atoms with E-state index in [1.807, 2.05) is 30.3 Å². The number of hydrogen-bond acceptors (Lipinski definition) is 4. The quantitative estimate of drug-likeness (QED) is 0.231. The van der Waals surface area contributed by atoms with Crippen LogP contribution in [0.15, 0.2) is 83.8 Å². The minimum absolute atomic E-state index is 0.0404. The topological polar surface area (TPSA) is 86.8 Å². The molecule has 0 aromatic heterocycles. The van der Waals surface area contributed by atoms with Gasteiger partial charge in [-0.05, 0) is 49.1 Å². The number of hydrogen-bond donors (Lipinski definition) is 1. The van der Waals surface area contributed by atoms with E-state index in [1.165, 1.54) is 11.4 Å². The minimum atomic E-state index is -3.69. The number of amides is 2. The van der Waals surface area contributed by atoms with Gasteiger partial charge in [-0.15, -0.1) is 0 Å². The summed E-state index contributed by atoms with van der Waals surface area (Å²) in [4.78, 5) is 29.7. The number of sulfonamides is 1. The molecule has 230 valence electrons. The highest BCUT2D eigenvalue weighted by molar-refractivity contribution is 7.89. The highest BCUT2D eigenvalue weighted by Gasteiger charge is 2.33. The van der Waals surface area contributed by atoms with E-state index in [0.29, 0.717) is 22.0 Å². The predicted molar refractivity (Wildman–Crippen MR) is 171 cm³/mol. The number of nitrogens with zero attached hydrogens (tertiary/aromatic N) is 2. The SMILES string of the molecule is CN(CCCC(=O)N(Cc1c(Cl)cccc1Cl)C(Cc1ccccc1)C(=O)NC1CCCCC1)S(=O)(=O)c1ccccc1. The van der Waals surface area contributed by atoms with E-state index in [2.05, 4.69) is 5.32 Å². The van der Waals surface area contributed by atoms with Gasteiger partial charge in [0, 0.05) is 54.6 Å². The van der Waals surface area contributed by atoms with Crippen LogP contribution in [0.2, 0.25) is 10.0 Å². The normalized spacial score (nSPS) is 14.8. The van der Waals surface area contributed by atoms with E-state index in [9.17, 15) is 18.0 Å². The molecule has 0 spiro atoms. The maximum atomic E-state index is 14.0. The second-order valence-corrected chi connectivity index (χ2v) is 13.9. The van der Waals surface area contributed by atoms with Crippen LogP contribution in [0.4, 0.5) is 0 Å². The van der Waals surface area contributed by atoms with E-state index in [0.717, 1.165) is 37.7 Å². The summed E-state index contributed by atoms with van der Waals surface area (Å²) < 4.78 is 27.2. The Kier molecular flexibility index (Phi) is 12.1. The lowest BCUT2D eigenvalue weighted by molar-refractivity contribution is -0.141. The Hall–Kier alpha value is -2.91. The highest BCUT2D eigenvalue weighted by Crippen LogP contribution is 2.28. The average Bonchev–Trinajstić information content (AvgIpc) is 3.01. The second-order valence-electron chi connectivity index (χ2n) is 11.0. The minimum Gasteiger partial charge on any atom is -0.352 e. The lowest BCUT2D eigenvalue weighted by atomic mass is 9.94. The van der Waals surface area contributed by atoms with Gasteiger partial charge in [0.25, 0.3) is 0 Å². The molecule has 1 aliphatic rings. The van der Waals surface area contributed by atoms with Gasteiger partial charge in [0.2, 0.25) is 21.8 Å². The van der Waals surface area contributed by atoms with Crippen molar-refractivity contribution >= 4 is 45.0 Å². The fraction of sp³-hybridized carbons (Fsp3) is 0.394. The molecule has 0 bridgehead atoms. The van der Waals surface area contributed by atoms with Crippen molar-refractivity contribution in [3.8, 4) is 0 Å². The van der Waals surface area contributed by atoms with Gasteiger partial charge in [0.1, 0.15) is 6.04 Å². The Labute approximate surface area is 265 Å². The molecule has 1 aliphatic carbocycles. The predicted octanol–water partition coefficient (Wildman–Crippen LogP) is 6.48. The molecule has 10 heteroatoms. The van der Waals surface area contributed by atoms with Crippen LogP contribution in [-0.2, 0) is 32.6 Å². The molecule has 1 N–H and O–H groups in total. The maximum absolute atomic E-state index is 14.0. The summed E-state index contributed by atoms with van der Waals surface area (Å²) in [6.07, 6.45) is 5.73. The van der Waals surface area contributed by atoms with Crippen LogP contribution in [0, 0.1) is 0 Å². The third-order valence-corrected chi connectivity index (χ3v) is 10.5. The van der Waals surface area contributed by atoms with Crippen LogP contribution in [0.3, 0.4) is 0 Å². The first-order valence-electron chi connectivity index (χ1n) is 14.7. The Balaban J connectivity index is 1.58. The van der Waals surface area contributed by atoms with E-state index < -0.39 is 16.1 Å². The zero-order chi connectivity index (χ0) is 30.8. The van der Waals surface area contributed by atoms with Crippen molar-refractivity contribution in [2.45, 2.75) is 74.9 Å². The Morgan fingerprint density at radius 3 is 2.12 bits per heavy atom. The monoisotopic (exact) mass is 643 g/mol. The molecule has 0 aliphatic heterocycles. The van der Waals surface area contributed by atoms with E-state index in [4.69, 9.17) is 23.2 Å². The maximum Gasteiger partial charge on any atom is 0.243 e. The highest BCUT2D eigenvalue weighted by atomic mass is 35.5. The van der Waals surface area contributed by atoms with Gasteiger partial charge < -0.3 is 10.2 Å². The smallest absolute Gasteiger partial charge is 0.243 e. The summed E-state index contributed by atoms with van der Waals surface area (Å²) in [6, 6.07) is 22.2. The van der Waals surface area contributed by atoms with Gasteiger partial charge in [0.05, 0.1) is 4.90 Å². The van der Waals surface area contributed by atoms with Gasteiger partial charge in [0.15, 0.2) is 0 Å². The van der Waals surface area contributed by atoms with Crippen LogP contribution < -0.4 is 5.32 Å². The molecule has 3 aromatic rings. The van der Waals surface area contributed by atoms with Gasteiger partial charge in [-0.3, -0.25) is 9.59 Å². The van der Waals surface area contributed by atoms with Crippen molar-refractivity contribution in [2.24, 2.45) is 0 Å². The number of carbonyl (C=O) groups is 2. The summed E-state index contributed by atoms with van der Waals surface area (Å²) in [5.74, 6) is -0.489. The van der Waals surface area contributed by atoms with Crippen molar-refractivity contribution in [3.63, 3.8) is 0 Å². The van der Waals surface area contributed by atoms with Gasteiger partial charge in [-0.2, -0.15) is 0 Å². The molecule has 2 amide bonds. The average molecular weight is 645 g/mol. The molecule has 43 heavy (non-hydrogen) atoms. The number of rotatable bonds is 13. The Morgan fingerprint density at radius 2 is 1.49 bits per heavy atom. The van der Waals surface area contributed by atoms with Crippen molar-refractivity contribution in [1.82, 2.24) is 14.5 Å². The van der Waals surface area contributed by atoms with Crippen LogP contribution in [0.25, 0.3) is 0 Å². The lowest BCUT2D eigenvalue weighted by Gasteiger charge is -2.34. The van der Waals surface area contributed by atoms with Gasteiger partial charge in [-0.1, -0.05) is 97.1 Å². The molecule has 1 fully saturated rings. The van der Waals surface area contributed by atoms with Crippen LogP contribution >= 0.6 is 23.2 Å². The molecule has 1 saturated carbocycles. The number of nitrogens with one attached hydrogen (secondary N) is 1. The summed E-state index contributed by atoms with van der Waals surface area (Å²) in [6.45, 7) is 0.187. The molecule has 3 aromatic carbocycles. The Morgan fingerprint density at radius 1 is 0.884 bits per heavy atom. The zero-order valence-electron chi connectivity index (χ0n) is 24.4. The lowest BCUT2D eigenvalue weighted by Crippen LogP contribution is -2.53. The summed E-state index contributed by atoms with van der Waals surface area (Å²) >= 11 is 13.1. The standard InChI is InChI=1S/C33H39Cl2N3O4S/c1-37(43(41,42)27-17-9-4-10-18-27)22-12-21-32(39)38(24-28-29(34)19-11-20-30(28)35)31(23-25-13-5-2-6-14-25)33(40)36-26-15-7-3-8-16-26/h2,4-6,9-11,13-14,17-20,26,31H,3,7-8,12,15-16,21-24H2,1H3,(H,36,40). The molecule has 7 nitrogen and oxygen atoms in total. The molecule has 0 saturated heterocycles.